The molecule has 0 spiro atoms. The second-order valence-corrected chi connectivity index (χ2v) is 28.5. The number of hydrogen-bond donors (Lipinski definition) is 0. The molecule has 14 rings (SSSR count). The molecule has 0 radical (unpaired) electrons. The summed E-state index contributed by atoms with van der Waals surface area (Å²) in [6.45, 7) is 30.4. The maximum Gasteiger partial charge on any atom is 0.252 e. The van der Waals surface area contributed by atoms with Crippen molar-refractivity contribution >= 4 is 79.0 Å². The van der Waals surface area contributed by atoms with Crippen molar-refractivity contribution in [2.24, 2.45) is 0 Å². The third-order valence-electron chi connectivity index (χ3n) is 18.3. The van der Waals surface area contributed by atoms with Gasteiger partial charge in [-0.1, -0.05) is 229 Å². The van der Waals surface area contributed by atoms with Crippen molar-refractivity contribution in [2.75, 3.05) is 9.80 Å². The Morgan fingerprint density at radius 3 is 1.24 bits per heavy atom. The van der Waals surface area contributed by atoms with Gasteiger partial charge in [-0.05, 0) is 163 Å². The van der Waals surface area contributed by atoms with Crippen LogP contribution in [0.1, 0.15) is 111 Å². The van der Waals surface area contributed by atoms with E-state index in [0.717, 1.165) is 61.5 Å². The average molecular weight is 1130 g/mol. The Morgan fingerprint density at radius 1 is 0.322 bits per heavy atom. The molecule has 0 saturated heterocycles. The number of para-hydroxylation sites is 3. The first-order valence-corrected chi connectivity index (χ1v) is 31.0. The van der Waals surface area contributed by atoms with Crippen LogP contribution >= 0.6 is 0 Å². The topological polar surface area (TPSA) is 37.2 Å². The minimum absolute atomic E-state index is 0.0136. The second kappa shape index (κ2) is 20.4. The van der Waals surface area contributed by atoms with Crippen LogP contribution in [0.2, 0.25) is 0 Å². The Hall–Kier alpha value is -9.26. The van der Waals surface area contributed by atoms with E-state index in [4.69, 9.17) is 9.97 Å². The van der Waals surface area contributed by atoms with Crippen molar-refractivity contribution in [3.8, 4) is 50.7 Å². The van der Waals surface area contributed by atoms with Gasteiger partial charge in [0.25, 0.3) is 6.71 Å². The molecule has 0 N–H and O–H groups in total. The van der Waals surface area contributed by atoms with Crippen LogP contribution in [0, 0.1) is 6.92 Å². The fraction of sp³-hybridized carbons (Fsp3) is 0.210. The van der Waals surface area contributed by atoms with Crippen LogP contribution in [0.25, 0.3) is 72.5 Å². The predicted octanol–water partition coefficient (Wildman–Crippen LogP) is 19.8. The lowest BCUT2D eigenvalue weighted by molar-refractivity contribution is 0.568. The maximum atomic E-state index is 5.28. The van der Waals surface area contributed by atoms with Gasteiger partial charge < -0.3 is 14.4 Å². The summed E-state index contributed by atoms with van der Waals surface area (Å²) in [5, 5.41) is 2.39. The first kappa shape index (κ1) is 55.6. The molecule has 0 aliphatic carbocycles. The molecular weight excluding hydrogens is 1050 g/mol. The monoisotopic (exact) mass is 1130 g/mol. The van der Waals surface area contributed by atoms with Crippen LogP contribution in [-0.4, -0.2) is 21.2 Å². The third-order valence-corrected chi connectivity index (χ3v) is 18.3. The lowest BCUT2D eigenvalue weighted by atomic mass is 9.33. The summed E-state index contributed by atoms with van der Waals surface area (Å²) in [7, 11) is 0. The van der Waals surface area contributed by atoms with Gasteiger partial charge in [-0.15, -0.1) is 0 Å². The fourth-order valence-corrected chi connectivity index (χ4v) is 13.3. The van der Waals surface area contributed by atoms with Crippen molar-refractivity contribution in [1.29, 1.82) is 0 Å². The van der Waals surface area contributed by atoms with Crippen molar-refractivity contribution in [1.82, 2.24) is 14.5 Å². The average Bonchev–Trinajstić information content (AvgIpc) is 1.07. The van der Waals surface area contributed by atoms with Gasteiger partial charge in [0, 0.05) is 67.3 Å². The van der Waals surface area contributed by atoms with E-state index < -0.39 is 0 Å². The highest BCUT2D eigenvalue weighted by atomic mass is 15.2. The fourth-order valence-electron chi connectivity index (χ4n) is 13.3. The first-order chi connectivity index (χ1) is 41.6. The molecule has 0 saturated carbocycles. The minimum atomic E-state index is -0.0880. The van der Waals surface area contributed by atoms with Gasteiger partial charge in [0.2, 0.25) is 0 Å². The molecule has 5 nitrogen and oxygen atoms in total. The van der Waals surface area contributed by atoms with Crippen LogP contribution in [0.3, 0.4) is 0 Å². The van der Waals surface area contributed by atoms with Crippen molar-refractivity contribution in [3.05, 3.63) is 252 Å². The molecule has 2 aliphatic heterocycles. The van der Waals surface area contributed by atoms with Crippen molar-refractivity contribution in [3.63, 3.8) is 0 Å². The Kier molecular flexibility index (Phi) is 13.1. The van der Waals surface area contributed by atoms with Gasteiger partial charge in [0.15, 0.2) is 5.82 Å². The zero-order valence-electron chi connectivity index (χ0n) is 52.7. The number of benzene rings is 10. The molecule has 0 bridgehead atoms. The molecule has 10 aromatic carbocycles. The number of aromatic nitrogens is 3. The number of nitrogens with zero attached hydrogens (tertiary/aromatic N) is 5. The quantitative estimate of drug-likeness (QED) is 0.149. The number of fused-ring (bicyclic) bond motifs is 7. The zero-order valence-corrected chi connectivity index (χ0v) is 52.7. The van der Waals surface area contributed by atoms with Crippen LogP contribution in [0.5, 0.6) is 0 Å². The molecule has 2 aromatic heterocycles. The Bertz CT molecular complexity index is 4430. The Morgan fingerprint density at radius 2 is 0.747 bits per heavy atom. The number of aryl methyl sites for hydroxylation is 1. The lowest BCUT2D eigenvalue weighted by Crippen LogP contribution is -2.61. The smallest absolute Gasteiger partial charge is 0.252 e. The largest absolute Gasteiger partial charge is 0.311 e. The third kappa shape index (κ3) is 9.75. The molecule has 0 unspecified atom stereocenters. The van der Waals surface area contributed by atoms with E-state index in [9.17, 15) is 0 Å². The van der Waals surface area contributed by atoms with Crippen LogP contribution in [0.4, 0.5) is 34.1 Å². The Labute approximate surface area is 515 Å². The van der Waals surface area contributed by atoms with E-state index in [1.54, 1.807) is 0 Å². The van der Waals surface area contributed by atoms with E-state index >= 15 is 0 Å². The first-order valence-electron chi connectivity index (χ1n) is 31.0. The van der Waals surface area contributed by atoms with Gasteiger partial charge in [-0.2, -0.15) is 0 Å². The lowest BCUT2D eigenvalue weighted by Gasteiger charge is -2.45. The molecule has 12 aromatic rings. The summed E-state index contributed by atoms with van der Waals surface area (Å²) in [5.74, 6) is 0.686. The summed E-state index contributed by atoms with van der Waals surface area (Å²) in [4.78, 5) is 15.8. The standard InChI is InChI=1S/C81H76BN5/c1-51-36-37-55(77-83-67(52-26-16-14-17-27-52)50-68(84-77)53-28-18-15-19-29-53)41-73(51)87-69-33-23-20-30-63(69)64-40-54(38-39-70(64)87)56-42-74-76-75(43-56)86(62-48-59(80(8,9)10)45-60(49-62)81(11,12)13)72-35-25-22-32-66(72)82(76)65-31-21-24-34-71(65)85(74)61-46-57(78(2,3)4)44-58(47-61)79(5,6)7/h14-50H,1-13H3. The molecule has 0 amide bonds. The SMILES string of the molecule is Cc1ccc(-c2nc(-c3ccccc3)cc(-c3ccccc3)n2)cc1-n1c2ccccc2c2cc(-c3cc4c5c(c3)N(c3cc(C(C)(C)C)cc(C(C)(C)C)c3)c3ccccc3B5c3ccccc3N4c3cc(C(C)(C)C)cc(C(C)(C)C)c3)ccc21. The summed E-state index contributed by atoms with van der Waals surface area (Å²) >= 11 is 0. The normalized spacial score (nSPS) is 13.3. The molecular formula is C81H76BN5. The molecule has 0 fully saturated rings. The minimum Gasteiger partial charge on any atom is -0.311 e. The van der Waals surface area contributed by atoms with E-state index in [-0.39, 0.29) is 28.4 Å². The van der Waals surface area contributed by atoms with Gasteiger partial charge in [0.05, 0.1) is 22.4 Å². The second-order valence-electron chi connectivity index (χ2n) is 28.5. The van der Waals surface area contributed by atoms with E-state index in [2.05, 4.69) is 329 Å². The highest BCUT2D eigenvalue weighted by Crippen LogP contribution is 2.49. The van der Waals surface area contributed by atoms with E-state index in [0.29, 0.717) is 5.82 Å². The van der Waals surface area contributed by atoms with Gasteiger partial charge in [-0.3, -0.25) is 0 Å². The summed E-state index contributed by atoms with van der Waals surface area (Å²) < 4.78 is 2.45. The molecule has 87 heavy (non-hydrogen) atoms. The predicted molar refractivity (Wildman–Crippen MR) is 372 cm³/mol. The maximum absolute atomic E-state index is 5.28. The van der Waals surface area contributed by atoms with E-state index in [1.165, 1.54) is 83.5 Å². The van der Waals surface area contributed by atoms with Crippen molar-refractivity contribution in [2.45, 2.75) is 112 Å². The van der Waals surface area contributed by atoms with Crippen LogP contribution in [-0.2, 0) is 21.7 Å². The number of anilines is 6. The molecule has 6 heteroatoms. The highest BCUT2D eigenvalue weighted by molar-refractivity contribution is 7.00. The van der Waals surface area contributed by atoms with Crippen LogP contribution < -0.4 is 26.2 Å². The molecule has 0 atom stereocenters. The van der Waals surface area contributed by atoms with Gasteiger partial charge in [0.1, 0.15) is 0 Å². The van der Waals surface area contributed by atoms with Crippen molar-refractivity contribution < 1.29 is 0 Å². The Balaban J connectivity index is 1.02. The summed E-state index contributed by atoms with van der Waals surface area (Å²) in [6, 6.07) is 83.9. The zero-order chi connectivity index (χ0) is 60.5. The number of hydrogen-bond acceptors (Lipinski definition) is 4. The molecule has 4 heterocycles. The number of rotatable bonds is 7. The molecule has 2 aliphatic rings. The van der Waals surface area contributed by atoms with E-state index in [1.807, 2.05) is 0 Å². The van der Waals surface area contributed by atoms with Gasteiger partial charge >= 0.3 is 0 Å². The molecule has 428 valence electrons. The van der Waals surface area contributed by atoms with Crippen LogP contribution in [0.15, 0.2) is 224 Å². The highest BCUT2D eigenvalue weighted by Gasteiger charge is 2.44. The summed E-state index contributed by atoms with van der Waals surface area (Å²) in [5.41, 5.74) is 27.7. The van der Waals surface area contributed by atoms with Gasteiger partial charge in [-0.25, -0.2) is 9.97 Å². The summed E-state index contributed by atoms with van der Waals surface area (Å²) in [6.07, 6.45) is 0.